The first-order chi connectivity index (χ1) is 12.8. The van der Waals surface area contributed by atoms with Gasteiger partial charge in [0.15, 0.2) is 0 Å². The SMILES string of the molecule is O=c1c(C2CCCCC2)ccc2n1C[C@@H]1C[C@@H]2CN(C2CCOCC2)C1. The van der Waals surface area contributed by atoms with E-state index in [1.54, 1.807) is 0 Å². The topological polar surface area (TPSA) is 34.5 Å². The van der Waals surface area contributed by atoms with Crippen LogP contribution in [0.25, 0.3) is 0 Å². The number of aromatic nitrogens is 1. The number of hydrogen-bond acceptors (Lipinski definition) is 3. The van der Waals surface area contributed by atoms with E-state index in [0.29, 0.717) is 29.4 Å². The van der Waals surface area contributed by atoms with E-state index in [2.05, 4.69) is 21.6 Å². The van der Waals surface area contributed by atoms with Crippen LogP contribution in [-0.4, -0.2) is 41.8 Å². The first kappa shape index (κ1) is 17.0. The summed E-state index contributed by atoms with van der Waals surface area (Å²) < 4.78 is 7.73. The Morgan fingerprint density at radius 2 is 1.69 bits per heavy atom. The summed E-state index contributed by atoms with van der Waals surface area (Å²) in [6.07, 6.45) is 9.95. The molecule has 3 aliphatic heterocycles. The van der Waals surface area contributed by atoms with E-state index < -0.39 is 0 Å². The van der Waals surface area contributed by atoms with Crippen LogP contribution in [-0.2, 0) is 11.3 Å². The summed E-state index contributed by atoms with van der Waals surface area (Å²) in [5, 5.41) is 0. The Kier molecular flexibility index (Phi) is 4.66. The van der Waals surface area contributed by atoms with Crippen molar-refractivity contribution in [1.82, 2.24) is 9.47 Å². The predicted octanol–water partition coefficient (Wildman–Crippen LogP) is 3.49. The van der Waals surface area contributed by atoms with Gasteiger partial charge in [0.05, 0.1) is 0 Å². The van der Waals surface area contributed by atoms with E-state index in [0.717, 1.165) is 31.9 Å². The van der Waals surface area contributed by atoms with E-state index in [9.17, 15) is 4.79 Å². The van der Waals surface area contributed by atoms with E-state index in [4.69, 9.17) is 4.74 Å². The first-order valence-corrected chi connectivity index (χ1v) is 10.8. The predicted molar refractivity (Wildman–Crippen MR) is 103 cm³/mol. The van der Waals surface area contributed by atoms with Crippen molar-refractivity contribution in [1.29, 1.82) is 0 Å². The Balaban J connectivity index is 1.40. The van der Waals surface area contributed by atoms with Gasteiger partial charge in [-0.15, -0.1) is 0 Å². The van der Waals surface area contributed by atoms with Crippen molar-refractivity contribution >= 4 is 0 Å². The maximum atomic E-state index is 13.3. The van der Waals surface area contributed by atoms with Crippen molar-refractivity contribution in [2.45, 2.75) is 75.8 Å². The number of ether oxygens (including phenoxy) is 1. The summed E-state index contributed by atoms with van der Waals surface area (Å²) in [5.41, 5.74) is 2.75. The molecule has 142 valence electrons. The lowest BCUT2D eigenvalue weighted by molar-refractivity contribution is 0.00583. The van der Waals surface area contributed by atoms with Gasteiger partial charge in [0.1, 0.15) is 0 Å². The molecule has 2 saturated heterocycles. The lowest BCUT2D eigenvalue weighted by atomic mass is 9.80. The van der Waals surface area contributed by atoms with Crippen LogP contribution in [0.5, 0.6) is 0 Å². The molecule has 0 amide bonds. The van der Waals surface area contributed by atoms with Crippen LogP contribution in [0.15, 0.2) is 16.9 Å². The Labute approximate surface area is 156 Å². The maximum absolute atomic E-state index is 13.3. The average molecular weight is 357 g/mol. The monoisotopic (exact) mass is 356 g/mol. The second-order valence-electron chi connectivity index (χ2n) is 9.06. The summed E-state index contributed by atoms with van der Waals surface area (Å²) in [4.78, 5) is 16.0. The van der Waals surface area contributed by atoms with Crippen LogP contribution >= 0.6 is 0 Å². The third kappa shape index (κ3) is 3.05. The van der Waals surface area contributed by atoms with Gasteiger partial charge in [0.2, 0.25) is 0 Å². The quantitative estimate of drug-likeness (QED) is 0.813. The van der Waals surface area contributed by atoms with Crippen molar-refractivity contribution in [3.8, 4) is 0 Å². The minimum atomic E-state index is 0.337. The lowest BCUT2D eigenvalue weighted by Gasteiger charge is -2.46. The van der Waals surface area contributed by atoms with Crippen LogP contribution in [0, 0.1) is 5.92 Å². The molecule has 4 heteroatoms. The Morgan fingerprint density at radius 1 is 0.885 bits per heavy atom. The van der Waals surface area contributed by atoms with E-state index in [-0.39, 0.29) is 0 Å². The van der Waals surface area contributed by atoms with Crippen molar-refractivity contribution in [3.63, 3.8) is 0 Å². The van der Waals surface area contributed by atoms with Gasteiger partial charge in [-0.1, -0.05) is 25.3 Å². The largest absolute Gasteiger partial charge is 0.381 e. The molecule has 26 heavy (non-hydrogen) atoms. The summed E-state index contributed by atoms with van der Waals surface area (Å²) >= 11 is 0. The molecular weight excluding hydrogens is 324 g/mol. The highest BCUT2D eigenvalue weighted by Crippen LogP contribution is 2.38. The second kappa shape index (κ2) is 7.12. The van der Waals surface area contributed by atoms with Gasteiger partial charge in [-0.05, 0) is 50.0 Å². The average Bonchev–Trinajstić information content (AvgIpc) is 2.70. The van der Waals surface area contributed by atoms with Crippen LogP contribution in [0.4, 0.5) is 0 Å². The molecule has 1 saturated carbocycles. The molecule has 4 nitrogen and oxygen atoms in total. The lowest BCUT2D eigenvalue weighted by Crippen LogP contribution is -2.52. The standard InChI is InChI=1S/C22H32N2O2/c25-22-20(17-4-2-1-3-5-17)6-7-21-18-12-16(14-24(21)22)13-23(15-18)19-8-10-26-11-9-19/h6-7,16-19H,1-5,8-15H2/t16-,18-/m1/s1. The Morgan fingerprint density at radius 3 is 2.50 bits per heavy atom. The molecule has 5 rings (SSSR count). The number of nitrogens with zero attached hydrogens (tertiary/aromatic N) is 2. The van der Waals surface area contributed by atoms with Gasteiger partial charge in [0, 0.05) is 56.1 Å². The molecule has 3 fully saturated rings. The normalized spacial score (nSPS) is 30.9. The zero-order valence-electron chi connectivity index (χ0n) is 15.9. The molecule has 0 radical (unpaired) electrons. The summed E-state index contributed by atoms with van der Waals surface area (Å²) in [7, 11) is 0. The molecule has 0 aromatic carbocycles. The van der Waals surface area contributed by atoms with Gasteiger partial charge in [-0.3, -0.25) is 9.69 Å². The summed E-state index contributed by atoms with van der Waals surface area (Å²) in [5.74, 6) is 1.69. The molecular formula is C22H32N2O2. The fraction of sp³-hybridized carbons (Fsp3) is 0.773. The van der Waals surface area contributed by atoms with Crippen LogP contribution in [0.3, 0.4) is 0 Å². The molecule has 1 aromatic heterocycles. The highest BCUT2D eigenvalue weighted by atomic mass is 16.5. The van der Waals surface area contributed by atoms with Gasteiger partial charge < -0.3 is 9.30 Å². The van der Waals surface area contributed by atoms with Crippen molar-refractivity contribution < 1.29 is 4.74 Å². The van der Waals surface area contributed by atoms with Crippen molar-refractivity contribution in [2.75, 3.05) is 26.3 Å². The highest BCUT2D eigenvalue weighted by Gasteiger charge is 2.37. The summed E-state index contributed by atoms with van der Waals surface area (Å²) in [6.45, 7) is 5.06. The van der Waals surface area contributed by atoms with E-state index in [1.165, 1.54) is 63.6 Å². The molecule has 4 aliphatic rings. The highest BCUT2D eigenvalue weighted by molar-refractivity contribution is 5.25. The van der Waals surface area contributed by atoms with E-state index in [1.807, 2.05) is 0 Å². The number of piperidine rings is 1. The minimum absolute atomic E-state index is 0.337. The minimum Gasteiger partial charge on any atom is -0.381 e. The maximum Gasteiger partial charge on any atom is 0.254 e. The summed E-state index contributed by atoms with van der Waals surface area (Å²) in [6, 6.07) is 5.19. The molecule has 2 atom stereocenters. The van der Waals surface area contributed by atoms with Gasteiger partial charge in [-0.2, -0.15) is 0 Å². The zero-order valence-corrected chi connectivity index (χ0v) is 15.9. The van der Waals surface area contributed by atoms with Gasteiger partial charge in [-0.25, -0.2) is 0 Å². The number of rotatable bonds is 2. The molecule has 0 unspecified atom stereocenters. The third-order valence-electron chi connectivity index (χ3n) is 7.41. The molecule has 1 aromatic rings. The third-order valence-corrected chi connectivity index (χ3v) is 7.41. The Bertz CT molecular complexity index is 701. The number of fused-ring (bicyclic) bond motifs is 4. The number of likely N-dealkylation sites (tertiary alicyclic amines) is 1. The number of hydrogen-bond donors (Lipinski definition) is 0. The first-order valence-electron chi connectivity index (χ1n) is 10.8. The van der Waals surface area contributed by atoms with Crippen molar-refractivity contribution in [2.24, 2.45) is 5.92 Å². The molecule has 0 spiro atoms. The smallest absolute Gasteiger partial charge is 0.254 e. The molecule has 4 heterocycles. The Hall–Kier alpha value is -1.13. The van der Waals surface area contributed by atoms with Crippen LogP contribution < -0.4 is 5.56 Å². The molecule has 2 bridgehead atoms. The van der Waals surface area contributed by atoms with Gasteiger partial charge in [0.25, 0.3) is 5.56 Å². The zero-order chi connectivity index (χ0) is 17.5. The van der Waals surface area contributed by atoms with Crippen LogP contribution in [0.1, 0.15) is 74.5 Å². The van der Waals surface area contributed by atoms with Gasteiger partial charge >= 0.3 is 0 Å². The van der Waals surface area contributed by atoms with E-state index >= 15 is 0 Å². The van der Waals surface area contributed by atoms with Crippen molar-refractivity contribution in [3.05, 3.63) is 33.7 Å². The molecule has 0 N–H and O–H groups in total. The fourth-order valence-electron chi connectivity index (χ4n) is 6.07. The molecule has 1 aliphatic carbocycles. The number of pyridine rings is 1. The fourth-order valence-corrected chi connectivity index (χ4v) is 6.07. The van der Waals surface area contributed by atoms with Crippen LogP contribution in [0.2, 0.25) is 0 Å². The second-order valence-corrected chi connectivity index (χ2v) is 9.06.